The second kappa shape index (κ2) is 6.04. The molecule has 0 saturated carbocycles. The highest BCUT2D eigenvalue weighted by atomic mass is 16.2. The van der Waals surface area contributed by atoms with E-state index in [4.69, 9.17) is 0 Å². The highest BCUT2D eigenvalue weighted by Gasteiger charge is 2.16. The average molecular weight is 307 g/mol. The summed E-state index contributed by atoms with van der Waals surface area (Å²) in [5.74, 6) is -0.496. The summed E-state index contributed by atoms with van der Waals surface area (Å²) >= 11 is 0. The lowest BCUT2D eigenvalue weighted by Gasteiger charge is -2.09. The van der Waals surface area contributed by atoms with Crippen LogP contribution in [0.3, 0.4) is 0 Å². The zero-order valence-corrected chi connectivity index (χ0v) is 13.0. The number of aromatic nitrogens is 2. The Labute approximate surface area is 133 Å². The van der Waals surface area contributed by atoms with Crippen LogP contribution < -0.4 is 10.9 Å². The summed E-state index contributed by atoms with van der Waals surface area (Å²) in [4.78, 5) is 29.0. The quantitative estimate of drug-likeness (QED) is 0.809. The lowest BCUT2D eigenvalue weighted by molar-refractivity contribution is 0.102. The maximum absolute atomic E-state index is 12.4. The van der Waals surface area contributed by atoms with E-state index >= 15 is 0 Å². The monoisotopic (exact) mass is 307 g/mol. The zero-order valence-electron chi connectivity index (χ0n) is 13.0. The maximum atomic E-state index is 12.4. The van der Waals surface area contributed by atoms with Gasteiger partial charge in [0.15, 0.2) is 5.69 Å². The Morgan fingerprint density at radius 2 is 1.96 bits per heavy atom. The molecule has 2 aromatic carbocycles. The Balaban J connectivity index is 2.00. The van der Waals surface area contributed by atoms with Gasteiger partial charge in [0.1, 0.15) is 0 Å². The number of nitrogens with one attached hydrogen (secondary N) is 1. The Morgan fingerprint density at radius 1 is 1.17 bits per heavy atom. The van der Waals surface area contributed by atoms with E-state index in [-0.39, 0.29) is 5.69 Å². The summed E-state index contributed by atoms with van der Waals surface area (Å²) in [7, 11) is 1.64. The summed E-state index contributed by atoms with van der Waals surface area (Å²) < 4.78 is 1.44. The van der Waals surface area contributed by atoms with E-state index in [0.717, 1.165) is 12.0 Å². The summed E-state index contributed by atoms with van der Waals surface area (Å²) in [6.07, 6.45) is 0.875. The second-order valence-corrected chi connectivity index (χ2v) is 5.32. The van der Waals surface area contributed by atoms with Gasteiger partial charge < -0.3 is 9.88 Å². The standard InChI is InChI=1S/C18H17N3O2/c1-3-12-7-6-8-13(11-12)19-17(22)16-18(23)21(2)15-10-5-4-9-14(15)20-16/h4-11H,3H2,1-2H3,(H,19,22). The molecule has 1 aromatic heterocycles. The molecular weight excluding hydrogens is 290 g/mol. The minimum absolute atomic E-state index is 0.104. The first-order chi connectivity index (χ1) is 11.1. The number of carbonyl (C=O) groups excluding carboxylic acids is 1. The van der Waals surface area contributed by atoms with E-state index < -0.39 is 11.5 Å². The van der Waals surface area contributed by atoms with E-state index in [1.54, 1.807) is 25.2 Å². The molecule has 0 radical (unpaired) electrons. The largest absolute Gasteiger partial charge is 0.320 e. The van der Waals surface area contributed by atoms with Gasteiger partial charge >= 0.3 is 0 Å². The van der Waals surface area contributed by atoms with Crippen LogP contribution in [0.5, 0.6) is 0 Å². The molecule has 0 unspecified atom stereocenters. The first kappa shape index (κ1) is 15.0. The highest BCUT2D eigenvalue weighted by Crippen LogP contribution is 2.13. The lowest BCUT2D eigenvalue weighted by Crippen LogP contribution is -2.29. The number of aryl methyl sites for hydroxylation is 2. The van der Waals surface area contributed by atoms with Crippen molar-refractivity contribution >= 4 is 22.6 Å². The maximum Gasteiger partial charge on any atom is 0.282 e. The van der Waals surface area contributed by atoms with Gasteiger partial charge in [-0.3, -0.25) is 9.59 Å². The van der Waals surface area contributed by atoms with Gasteiger partial charge in [0.2, 0.25) is 0 Å². The molecule has 0 aliphatic carbocycles. The predicted octanol–water partition coefficient (Wildman–Crippen LogP) is 2.75. The molecule has 1 N–H and O–H groups in total. The van der Waals surface area contributed by atoms with Crippen molar-refractivity contribution in [3.63, 3.8) is 0 Å². The van der Waals surface area contributed by atoms with Crippen LogP contribution in [0.25, 0.3) is 11.0 Å². The molecule has 0 bridgehead atoms. The Morgan fingerprint density at radius 3 is 2.74 bits per heavy atom. The lowest BCUT2D eigenvalue weighted by atomic mass is 10.1. The molecule has 1 amide bonds. The molecule has 5 nitrogen and oxygen atoms in total. The van der Waals surface area contributed by atoms with Crippen molar-refractivity contribution in [1.29, 1.82) is 0 Å². The minimum Gasteiger partial charge on any atom is -0.320 e. The van der Waals surface area contributed by atoms with Crippen LogP contribution in [0.15, 0.2) is 53.3 Å². The average Bonchev–Trinajstić information content (AvgIpc) is 2.58. The molecule has 116 valence electrons. The normalized spacial score (nSPS) is 10.7. The predicted molar refractivity (Wildman–Crippen MR) is 90.8 cm³/mol. The van der Waals surface area contributed by atoms with Crippen LogP contribution in [0.1, 0.15) is 23.0 Å². The third-order valence-electron chi connectivity index (χ3n) is 3.79. The number of nitrogens with zero attached hydrogens (tertiary/aromatic N) is 2. The second-order valence-electron chi connectivity index (χ2n) is 5.32. The van der Waals surface area contributed by atoms with Gasteiger partial charge in [0, 0.05) is 12.7 Å². The number of anilines is 1. The molecule has 3 aromatic rings. The number of para-hydroxylation sites is 2. The van der Waals surface area contributed by atoms with Crippen LogP contribution in [0, 0.1) is 0 Å². The molecule has 0 aliphatic rings. The van der Waals surface area contributed by atoms with E-state index in [0.29, 0.717) is 16.7 Å². The number of hydrogen-bond acceptors (Lipinski definition) is 3. The van der Waals surface area contributed by atoms with Crippen LogP contribution in [-0.2, 0) is 13.5 Å². The Hall–Kier alpha value is -2.95. The van der Waals surface area contributed by atoms with E-state index in [1.807, 2.05) is 37.3 Å². The van der Waals surface area contributed by atoms with Crippen molar-refractivity contribution in [2.45, 2.75) is 13.3 Å². The summed E-state index contributed by atoms with van der Waals surface area (Å²) in [6, 6.07) is 14.8. The van der Waals surface area contributed by atoms with Crippen molar-refractivity contribution in [2.75, 3.05) is 5.32 Å². The van der Waals surface area contributed by atoms with Crippen LogP contribution in [0.4, 0.5) is 5.69 Å². The van der Waals surface area contributed by atoms with Gasteiger partial charge in [-0.15, -0.1) is 0 Å². The van der Waals surface area contributed by atoms with Crippen LogP contribution >= 0.6 is 0 Å². The first-order valence-corrected chi connectivity index (χ1v) is 7.46. The molecule has 1 heterocycles. The number of fused-ring (bicyclic) bond motifs is 1. The number of amides is 1. The molecular formula is C18H17N3O2. The minimum atomic E-state index is -0.496. The number of carbonyl (C=O) groups is 1. The summed E-state index contributed by atoms with van der Waals surface area (Å²) in [6.45, 7) is 2.04. The van der Waals surface area contributed by atoms with Gasteiger partial charge in [-0.2, -0.15) is 0 Å². The van der Waals surface area contributed by atoms with Crippen LogP contribution in [0.2, 0.25) is 0 Å². The molecule has 5 heteroatoms. The Kier molecular flexibility index (Phi) is 3.93. The van der Waals surface area contributed by atoms with Crippen molar-refractivity contribution in [3.05, 3.63) is 70.1 Å². The zero-order chi connectivity index (χ0) is 16.4. The summed E-state index contributed by atoms with van der Waals surface area (Å²) in [5.41, 5.74) is 2.57. The van der Waals surface area contributed by atoms with Crippen molar-refractivity contribution < 1.29 is 4.79 Å². The molecule has 23 heavy (non-hydrogen) atoms. The SMILES string of the molecule is CCc1cccc(NC(=O)c2nc3ccccc3n(C)c2=O)c1. The third kappa shape index (κ3) is 2.85. The number of rotatable bonds is 3. The van der Waals surface area contributed by atoms with Gasteiger partial charge in [-0.05, 0) is 36.2 Å². The molecule has 0 fully saturated rings. The molecule has 0 aliphatic heterocycles. The fourth-order valence-electron chi connectivity index (χ4n) is 2.49. The number of benzene rings is 2. The summed E-state index contributed by atoms with van der Waals surface area (Å²) in [5, 5.41) is 2.75. The fourth-order valence-corrected chi connectivity index (χ4v) is 2.49. The van der Waals surface area contributed by atoms with E-state index in [9.17, 15) is 9.59 Å². The van der Waals surface area contributed by atoms with Gasteiger partial charge in [0.25, 0.3) is 11.5 Å². The third-order valence-corrected chi connectivity index (χ3v) is 3.79. The smallest absolute Gasteiger partial charge is 0.282 e. The molecule has 0 atom stereocenters. The van der Waals surface area contributed by atoms with Gasteiger partial charge in [-0.1, -0.05) is 31.2 Å². The first-order valence-electron chi connectivity index (χ1n) is 7.46. The Bertz CT molecular complexity index is 944. The fraction of sp³-hybridized carbons (Fsp3) is 0.167. The van der Waals surface area contributed by atoms with Crippen LogP contribution in [-0.4, -0.2) is 15.5 Å². The molecule has 0 saturated heterocycles. The number of hydrogen-bond donors (Lipinski definition) is 1. The topological polar surface area (TPSA) is 64.0 Å². The van der Waals surface area contributed by atoms with Crippen molar-refractivity contribution in [2.24, 2.45) is 7.05 Å². The van der Waals surface area contributed by atoms with Gasteiger partial charge in [0.05, 0.1) is 11.0 Å². The van der Waals surface area contributed by atoms with Crippen molar-refractivity contribution in [3.8, 4) is 0 Å². The van der Waals surface area contributed by atoms with Gasteiger partial charge in [-0.25, -0.2) is 4.98 Å². The van der Waals surface area contributed by atoms with E-state index in [1.165, 1.54) is 4.57 Å². The van der Waals surface area contributed by atoms with E-state index in [2.05, 4.69) is 10.3 Å². The molecule has 3 rings (SSSR count). The van der Waals surface area contributed by atoms with Crippen molar-refractivity contribution in [1.82, 2.24) is 9.55 Å². The highest BCUT2D eigenvalue weighted by molar-refractivity contribution is 6.03. The molecule has 0 spiro atoms.